The monoisotopic (exact) mass is 357 g/mol. The van der Waals surface area contributed by atoms with E-state index in [0.717, 1.165) is 36.4 Å². The van der Waals surface area contributed by atoms with Crippen molar-refractivity contribution in [2.24, 2.45) is 5.92 Å². The summed E-state index contributed by atoms with van der Waals surface area (Å²) in [7, 11) is 5.41. The molecule has 1 saturated heterocycles. The maximum absolute atomic E-state index is 12.6. The molecule has 0 N–H and O–H groups in total. The largest absolute Gasteiger partial charge is 0.493 e. The molecule has 2 bridgehead atoms. The first-order valence-corrected chi connectivity index (χ1v) is 9.09. The van der Waals surface area contributed by atoms with Crippen molar-refractivity contribution in [1.82, 2.24) is 4.90 Å². The Morgan fingerprint density at radius 2 is 2.08 bits per heavy atom. The molecule has 1 aromatic carbocycles. The third-order valence-electron chi connectivity index (χ3n) is 6.66. The fraction of sp³-hybridized carbons (Fsp3) is 0.550. The zero-order valence-electron chi connectivity index (χ0n) is 15.3. The number of likely N-dealkylation sites (tertiary alicyclic amines) is 1. The Morgan fingerprint density at radius 1 is 1.23 bits per heavy atom. The number of hydrogen-bond donors (Lipinski definition) is 0. The van der Waals surface area contributed by atoms with Gasteiger partial charge >= 0.3 is 0 Å². The summed E-state index contributed by atoms with van der Waals surface area (Å²) in [5.41, 5.74) is 2.11. The van der Waals surface area contributed by atoms with E-state index in [1.165, 1.54) is 5.56 Å². The molecule has 0 aromatic heterocycles. The van der Waals surface area contributed by atoms with Crippen LogP contribution in [0.4, 0.5) is 0 Å². The first-order chi connectivity index (χ1) is 12.6. The van der Waals surface area contributed by atoms with Gasteiger partial charge in [0.25, 0.3) is 0 Å². The molecule has 4 aliphatic rings. The molecule has 1 aromatic rings. The number of nitrogens with zero attached hydrogens (tertiary/aromatic N) is 1. The van der Waals surface area contributed by atoms with Crippen molar-refractivity contribution in [2.45, 2.75) is 30.7 Å². The summed E-state index contributed by atoms with van der Waals surface area (Å²) in [6.07, 6.45) is 4.38. The summed E-state index contributed by atoms with van der Waals surface area (Å²) in [6.45, 7) is 1.19. The van der Waals surface area contributed by atoms with Gasteiger partial charge in [0.1, 0.15) is 0 Å². The van der Waals surface area contributed by atoms with Crippen LogP contribution in [-0.4, -0.2) is 51.3 Å². The fourth-order valence-corrected chi connectivity index (χ4v) is 5.48. The van der Waals surface area contributed by atoms with Gasteiger partial charge in [-0.2, -0.15) is 0 Å². The Hall–Kier alpha value is -2.21. The second-order valence-corrected chi connectivity index (χ2v) is 7.67. The molecule has 0 spiro atoms. The molecule has 1 fully saturated rings. The van der Waals surface area contributed by atoms with Gasteiger partial charge in [-0.3, -0.25) is 4.79 Å². The molecule has 6 heteroatoms. The van der Waals surface area contributed by atoms with E-state index in [1.54, 1.807) is 14.2 Å². The normalized spacial score (nSPS) is 31.8. The number of allylic oxidation sites excluding steroid dienone is 2. The van der Waals surface area contributed by atoms with Crippen LogP contribution in [0.25, 0.3) is 0 Å². The van der Waals surface area contributed by atoms with Crippen molar-refractivity contribution in [3.8, 4) is 17.2 Å². The number of Topliss-reactive ketones (excluding diaryl/α,β-unsaturated/α-hetero) is 1. The van der Waals surface area contributed by atoms with Gasteiger partial charge in [-0.25, -0.2) is 0 Å². The third-order valence-corrected chi connectivity index (χ3v) is 6.66. The molecular formula is C20H23NO5. The van der Waals surface area contributed by atoms with E-state index >= 15 is 0 Å². The predicted molar refractivity (Wildman–Crippen MR) is 93.7 cm³/mol. The minimum Gasteiger partial charge on any atom is -0.493 e. The highest BCUT2D eigenvalue weighted by Crippen LogP contribution is 2.59. The molecule has 26 heavy (non-hydrogen) atoms. The fourth-order valence-electron chi connectivity index (χ4n) is 5.48. The lowest BCUT2D eigenvalue weighted by atomic mass is 9.54. The maximum atomic E-state index is 12.6. The standard InChI is InChI=1S/C20H23NO5/c1-21-5-4-20-9-16(23-2)14(22)8-12(20)13(21)6-11-7-15-18(26-10-25-15)19(24-3)17(11)20/h7,9,12-13H,4-6,8,10H2,1-3H3/t12?,13-,20+/m0/s1. The Morgan fingerprint density at radius 3 is 2.85 bits per heavy atom. The quantitative estimate of drug-likeness (QED) is 0.807. The SMILES string of the molecule is COC1=C[C@@]23CCN(C)[C@@H](Cc4cc5c(c(OC)c42)OCO5)C3CC1=O. The van der Waals surface area contributed by atoms with Crippen LogP contribution in [0.3, 0.4) is 0 Å². The van der Waals surface area contributed by atoms with Crippen molar-refractivity contribution in [1.29, 1.82) is 0 Å². The molecule has 0 radical (unpaired) electrons. The van der Waals surface area contributed by atoms with E-state index < -0.39 is 0 Å². The third kappa shape index (κ3) is 1.88. The zero-order chi connectivity index (χ0) is 18.1. The highest BCUT2D eigenvalue weighted by molar-refractivity contribution is 5.95. The molecule has 5 rings (SSSR count). The number of ether oxygens (including phenoxy) is 4. The Labute approximate surface area is 152 Å². The van der Waals surface area contributed by atoms with E-state index in [0.29, 0.717) is 24.0 Å². The van der Waals surface area contributed by atoms with Crippen LogP contribution in [0.5, 0.6) is 17.2 Å². The van der Waals surface area contributed by atoms with Crippen LogP contribution in [0.15, 0.2) is 17.9 Å². The first kappa shape index (κ1) is 16.0. The predicted octanol–water partition coefficient (Wildman–Crippen LogP) is 2.04. The number of rotatable bonds is 2. The molecule has 3 atom stereocenters. The molecular weight excluding hydrogens is 334 g/mol. The van der Waals surface area contributed by atoms with Crippen molar-refractivity contribution < 1.29 is 23.7 Å². The Kier molecular flexibility index (Phi) is 3.32. The smallest absolute Gasteiger partial charge is 0.231 e. The average Bonchev–Trinajstić information content (AvgIpc) is 3.11. The number of likely N-dealkylation sites (N-methyl/N-ethyl adjacent to an activating group) is 1. The van der Waals surface area contributed by atoms with E-state index in [4.69, 9.17) is 18.9 Å². The Bertz CT molecular complexity index is 832. The van der Waals surface area contributed by atoms with Gasteiger partial charge in [0, 0.05) is 23.4 Å². The van der Waals surface area contributed by atoms with E-state index in [9.17, 15) is 4.79 Å². The van der Waals surface area contributed by atoms with Gasteiger partial charge < -0.3 is 23.8 Å². The number of fused-ring (bicyclic) bond motifs is 2. The molecule has 0 saturated carbocycles. The maximum Gasteiger partial charge on any atom is 0.231 e. The van der Waals surface area contributed by atoms with E-state index in [2.05, 4.69) is 24.1 Å². The summed E-state index contributed by atoms with van der Waals surface area (Å²) in [4.78, 5) is 15.0. The van der Waals surface area contributed by atoms with Gasteiger partial charge in [-0.15, -0.1) is 0 Å². The van der Waals surface area contributed by atoms with E-state index in [-0.39, 0.29) is 23.9 Å². The summed E-state index contributed by atoms with van der Waals surface area (Å²) >= 11 is 0. The molecule has 0 amide bonds. The number of carbonyl (C=O) groups excluding carboxylic acids is 1. The lowest BCUT2D eigenvalue weighted by Gasteiger charge is -2.56. The van der Waals surface area contributed by atoms with Crippen LogP contribution in [0.1, 0.15) is 24.0 Å². The average molecular weight is 357 g/mol. The lowest BCUT2D eigenvalue weighted by Crippen LogP contribution is -2.60. The van der Waals surface area contributed by atoms with Crippen molar-refractivity contribution in [3.63, 3.8) is 0 Å². The summed E-state index contributed by atoms with van der Waals surface area (Å²) < 4.78 is 22.6. The van der Waals surface area contributed by atoms with Gasteiger partial charge in [0.15, 0.2) is 23.0 Å². The molecule has 2 aliphatic carbocycles. The first-order valence-electron chi connectivity index (χ1n) is 9.09. The number of ketones is 1. The van der Waals surface area contributed by atoms with Crippen LogP contribution >= 0.6 is 0 Å². The molecule has 1 unspecified atom stereocenters. The van der Waals surface area contributed by atoms with Gasteiger partial charge in [0.2, 0.25) is 12.5 Å². The molecule has 6 nitrogen and oxygen atoms in total. The Balaban J connectivity index is 1.81. The van der Waals surface area contributed by atoms with Crippen LogP contribution in [-0.2, 0) is 21.4 Å². The van der Waals surface area contributed by atoms with Crippen LogP contribution < -0.4 is 14.2 Å². The van der Waals surface area contributed by atoms with Gasteiger partial charge in [0.05, 0.1) is 14.2 Å². The minimum atomic E-state index is -0.268. The summed E-state index contributed by atoms with van der Waals surface area (Å²) in [5.74, 6) is 2.97. The van der Waals surface area contributed by atoms with E-state index in [1.807, 2.05) is 0 Å². The number of hydrogen-bond acceptors (Lipinski definition) is 6. The van der Waals surface area contributed by atoms with Crippen molar-refractivity contribution in [3.05, 3.63) is 29.0 Å². The summed E-state index contributed by atoms with van der Waals surface area (Å²) in [6, 6.07) is 2.42. The lowest BCUT2D eigenvalue weighted by molar-refractivity contribution is -0.122. The van der Waals surface area contributed by atoms with Crippen molar-refractivity contribution in [2.75, 3.05) is 34.6 Å². The minimum absolute atomic E-state index is 0.0941. The number of benzene rings is 1. The second-order valence-electron chi connectivity index (χ2n) is 7.67. The van der Waals surface area contributed by atoms with Crippen molar-refractivity contribution >= 4 is 5.78 Å². The van der Waals surface area contributed by atoms with Crippen LogP contribution in [0.2, 0.25) is 0 Å². The van der Waals surface area contributed by atoms with Gasteiger partial charge in [-0.1, -0.05) is 0 Å². The molecule has 2 heterocycles. The number of piperidine rings is 1. The van der Waals surface area contributed by atoms with Crippen LogP contribution in [0, 0.1) is 5.92 Å². The van der Waals surface area contributed by atoms with Gasteiger partial charge in [-0.05, 0) is 50.1 Å². The number of methoxy groups -OCH3 is 2. The topological polar surface area (TPSA) is 57.2 Å². The second kappa shape index (κ2) is 5.39. The molecule has 138 valence electrons. The summed E-state index contributed by atoms with van der Waals surface area (Å²) in [5, 5.41) is 0. The number of carbonyl (C=O) groups is 1. The zero-order valence-corrected chi connectivity index (χ0v) is 15.3. The highest BCUT2D eigenvalue weighted by atomic mass is 16.7. The molecule has 2 aliphatic heterocycles. The highest BCUT2D eigenvalue weighted by Gasteiger charge is 2.56.